The van der Waals surface area contributed by atoms with Gasteiger partial charge in [-0.2, -0.15) is 0 Å². The van der Waals surface area contributed by atoms with Crippen molar-refractivity contribution in [1.82, 2.24) is 4.72 Å². The van der Waals surface area contributed by atoms with Crippen LogP contribution in [0.5, 0.6) is 0 Å². The summed E-state index contributed by atoms with van der Waals surface area (Å²) in [4.78, 5) is -0.282. The van der Waals surface area contributed by atoms with Crippen molar-refractivity contribution in [3.8, 4) is 0 Å². The molecule has 0 spiro atoms. The van der Waals surface area contributed by atoms with E-state index in [1.807, 2.05) is 0 Å². The summed E-state index contributed by atoms with van der Waals surface area (Å²) in [5.41, 5.74) is 0. The van der Waals surface area contributed by atoms with E-state index in [4.69, 9.17) is 4.74 Å². The van der Waals surface area contributed by atoms with E-state index >= 15 is 0 Å². The van der Waals surface area contributed by atoms with Crippen LogP contribution in [0.2, 0.25) is 0 Å². The van der Waals surface area contributed by atoms with Crippen LogP contribution >= 0.6 is 0 Å². The second-order valence-corrected chi connectivity index (χ2v) is 6.61. The molecule has 0 aliphatic heterocycles. The summed E-state index contributed by atoms with van der Waals surface area (Å²) in [5, 5.41) is 0. The van der Waals surface area contributed by atoms with E-state index in [0.717, 1.165) is 18.7 Å². The lowest BCUT2D eigenvalue weighted by Gasteiger charge is -2.07. The van der Waals surface area contributed by atoms with Crippen molar-refractivity contribution in [1.29, 1.82) is 0 Å². The Kier molecular flexibility index (Phi) is 5.06. The molecule has 4 nitrogen and oxygen atoms in total. The van der Waals surface area contributed by atoms with E-state index in [1.165, 1.54) is 12.8 Å². The van der Waals surface area contributed by atoms with Crippen LogP contribution in [-0.4, -0.2) is 28.2 Å². The molecular weight excluding hydrogens is 288 g/mol. The zero-order valence-electron chi connectivity index (χ0n) is 10.9. The van der Waals surface area contributed by atoms with Gasteiger partial charge in [-0.1, -0.05) is 0 Å². The zero-order valence-corrected chi connectivity index (χ0v) is 11.8. The standard InChI is InChI=1S/C13H17F2NO3S/c14-12-5-4-11(8-13(12)15)20(17,18)16-6-1-7-19-9-10-2-3-10/h4-5,8,10,16H,1-3,6-7,9H2. The summed E-state index contributed by atoms with van der Waals surface area (Å²) in [6, 6.07) is 2.49. The van der Waals surface area contributed by atoms with Gasteiger partial charge in [0.15, 0.2) is 11.6 Å². The molecule has 1 aliphatic carbocycles. The maximum Gasteiger partial charge on any atom is 0.240 e. The van der Waals surface area contributed by atoms with E-state index in [0.29, 0.717) is 25.0 Å². The number of rotatable bonds is 8. The Hall–Kier alpha value is -1.05. The quantitative estimate of drug-likeness (QED) is 0.748. The third kappa shape index (κ3) is 4.50. The van der Waals surface area contributed by atoms with Crippen LogP contribution in [0.25, 0.3) is 0 Å². The first-order valence-electron chi connectivity index (χ1n) is 6.51. The number of nitrogens with one attached hydrogen (secondary N) is 1. The molecule has 7 heteroatoms. The molecule has 1 aliphatic rings. The van der Waals surface area contributed by atoms with Crippen molar-refractivity contribution < 1.29 is 21.9 Å². The minimum Gasteiger partial charge on any atom is -0.381 e. The molecule has 1 aromatic rings. The van der Waals surface area contributed by atoms with Gasteiger partial charge in [0.1, 0.15) is 0 Å². The highest BCUT2D eigenvalue weighted by Crippen LogP contribution is 2.28. The lowest BCUT2D eigenvalue weighted by molar-refractivity contribution is 0.123. The van der Waals surface area contributed by atoms with Gasteiger partial charge in [-0.3, -0.25) is 0 Å². The Morgan fingerprint density at radius 1 is 1.25 bits per heavy atom. The van der Waals surface area contributed by atoms with Crippen LogP contribution in [0.1, 0.15) is 19.3 Å². The first-order chi connectivity index (χ1) is 9.49. The predicted octanol–water partition coefficient (Wildman–Crippen LogP) is 2.06. The van der Waals surface area contributed by atoms with Gasteiger partial charge in [-0.25, -0.2) is 21.9 Å². The average Bonchev–Trinajstić information content (AvgIpc) is 3.21. The minimum absolute atomic E-state index is 0.200. The van der Waals surface area contributed by atoms with E-state index < -0.39 is 21.7 Å². The lowest BCUT2D eigenvalue weighted by Crippen LogP contribution is -2.25. The first-order valence-corrected chi connectivity index (χ1v) is 8.00. The number of sulfonamides is 1. The largest absolute Gasteiger partial charge is 0.381 e. The molecular formula is C13H17F2NO3S. The maximum atomic E-state index is 13.0. The molecule has 0 radical (unpaired) electrons. The average molecular weight is 305 g/mol. The molecule has 0 unspecified atom stereocenters. The van der Waals surface area contributed by atoms with Crippen molar-refractivity contribution in [2.45, 2.75) is 24.2 Å². The SMILES string of the molecule is O=S(=O)(NCCCOCC1CC1)c1ccc(F)c(F)c1. The monoisotopic (exact) mass is 305 g/mol. The van der Waals surface area contributed by atoms with E-state index in [9.17, 15) is 17.2 Å². The Morgan fingerprint density at radius 2 is 2.00 bits per heavy atom. The number of hydrogen-bond acceptors (Lipinski definition) is 3. The molecule has 1 fully saturated rings. The smallest absolute Gasteiger partial charge is 0.240 e. The molecule has 0 aromatic heterocycles. The van der Waals surface area contributed by atoms with Crippen LogP contribution in [0.15, 0.2) is 23.1 Å². The highest BCUT2D eigenvalue weighted by molar-refractivity contribution is 7.89. The normalized spacial score (nSPS) is 15.5. The van der Waals surface area contributed by atoms with Crippen molar-refractivity contribution in [2.75, 3.05) is 19.8 Å². The molecule has 0 bridgehead atoms. The lowest BCUT2D eigenvalue weighted by atomic mass is 10.3. The molecule has 0 atom stereocenters. The maximum absolute atomic E-state index is 13.0. The van der Waals surface area contributed by atoms with Crippen LogP contribution < -0.4 is 4.72 Å². The molecule has 20 heavy (non-hydrogen) atoms. The van der Waals surface area contributed by atoms with Gasteiger partial charge in [-0.05, 0) is 43.4 Å². The number of hydrogen-bond donors (Lipinski definition) is 1. The van der Waals surface area contributed by atoms with Crippen LogP contribution in [0.4, 0.5) is 8.78 Å². The molecule has 2 rings (SSSR count). The Balaban J connectivity index is 1.76. The second-order valence-electron chi connectivity index (χ2n) is 4.85. The Labute approximate surface area is 117 Å². The fourth-order valence-corrected chi connectivity index (χ4v) is 2.73. The van der Waals surface area contributed by atoms with Gasteiger partial charge in [-0.15, -0.1) is 0 Å². The molecule has 0 amide bonds. The summed E-state index contributed by atoms with van der Waals surface area (Å²) in [7, 11) is -3.80. The molecule has 1 N–H and O–H groups in total. The van der Waals surface area contributed by atoms with Crippen molar-refractivity contribution in [2.24, 2.45) is 5.92 Å². The van der Waals surface area contributed by atoms with Gasteiger partial charge < -0.3 is 4.74 Å². The second kappa shape index (κ2) is 6.60. The van der Waals surface area contributed by atoms with E-state index in [-0.39, 0.29) is 11.4 Å². The Morgan fingerprint density at radius 3 is 2.65 bits per heavy atom. The topological polar surface area (TPSA) is 55.4 Å². The highest BCUT2D eigenvalue weighted by Gasteiger charge is 2.21. The summed E-state index contributed by atoms with van der Waals surface area (Å²) >= 11 is 0. The fourth-order valence-electron chi connectivity index (χ4n) is 1.64. The molecule has 0 heterocycles. The third-order valence-corrected chi connectivity index (χ3v) is 4.47. The van der Waals surface area contributed by atoms with Crippen molar-refractivity contribution >= 4 is 10.0 Å². The molecule has 1 saturated carbocycles. The van der Waals surface area contributed by atoms with Crippen molar-refractivity contribution in [3.63, 3.8) is 0 Å². The van der Waals surface area contributed by atoms with Crippen molar-refractivity contribution in [3.05, 3.63) is 29.8 Å². The minimum atomic E-state index is -3.80. The van der Waals surface area contributed by atoms with E-state index in [2.05, 4.69) is 4.72 Å². The van der Waals surface area contributed by atoms with Gasteiger partial charge in [0.05, 0.1) is 4.90 Å². The number of halogens is 2. The van der Waals surface area contributed by atoms with Gasteiger partial charge in [0, 0.05) is 19.8 Å². The van der Waals surface area contributed by atoms with Crippen LogP contribution in [0.3, 0.4) is 0 Å². The van der Waals surface area contributed by atoms with Gasteiger partial charge in [0.25, 0.3) is 0 Å². The van der Waals surface area contributed by atoms with E-state index in [1.54, 1.807) is 0 Å². The number of ether oxygens (including phenoxy) is 1. The van der Waals surface area contributed by atoms with Gasteiger partial charge >= 0.3 is 0 Å². The molecule has 0 saturated heterocycles. The highest BCUT2D eigenvalue weighted by atomic mass is 32.2. The number of benzene rings is 1. The summed E-state index contributed by atoms with van der Waals surface area (Å²) in [5.74, 6) is -1.58. The van der Waals surface area contributed by atoms with Gasteiger partial charge in [0.2, 0.25) is 10.0 Å². The molecule has 112 valence electrons. The van der Waals surface area contributed by atoms with Crippen LogP contribution in [0, 0.1) is 17.6 Å². The first kappa shape index (κ1) is 15.3. The zero-order chi connectivity index (χ0) is 14.6. The van der Waals surface area contributed by atoms with Crippen LogP contribution in [-0.2, 0) is 14.8 Å². The summed E-state index contributed by atoms with van der Waals surface area (Å²) in [6.45, 7) is 1.42. The summed E-state index contributed by atoms with van der Waals surface area (Å²) < 4.78 is 57.0. The summed E-state index contributed by atoms with van der Waals surface area (Å²) in [6.07, 6.45) is 2.96. The Bertz CT molecular complexity index is 559. The fraction of sp³-hybridized carbons (Fsp3) is 0.538. The predicted molar refractivity (Wildman–Crippen MR) is 69.7 cm³/mol. The molecule has 1 aromatic carbocycles. The third-order valence-electron chi connectivity index (χ3n) is 3.01.